The molecule has 0 spiro atoms. The standard InChI is InChI=1S/C14H30N4O/c1-5-17-6-7-18(10-12(17)4)13(9-15)8-14(19)16-11(2)3/h11-13H,5-10,15H2,1-4H3,(H,16,19). The predicted octanol–water partition coefficient (Wildman–Crippen LogP) is 0.254. The number of carbonyl (C=O) groups excluding carboxylic acids is 1. The molecule has 0 aromatic heterocycles. The molecule has 5 nitrogen and oxygen atoms in total. The zero-order chi connectivity index (χ0) is 14.4. The Kier molecular flexibility index (Phi) is 6.75. The van der Waals surface area contributed by atoms with E-state index < -0.39 is 0 Å². The average Bonchev–Trinajstić information content (AvgIpc) is 2.35. The maximum atomic E-state index is 11.9. The summed E-state index contributed by atoms with van der Waals surface area (Å²) < 4.78 is 0. The van der Waals surface area contributed by atoms with E-state index in [2.05, 4.69) is 29.0 Å². The lowest BCUT2D eigenvalue weighted by molar-refractivity contribution is -0.123. The number of amides is 1. The van der Waals surface area contributed by atoms with Gasteiger partial charge in [0.2, 0.25) is 5.91 Å². The normalized spacial score (nSPS) is 23.6. The summed E-state index contributed by atoms with van der Waals surface area (Å²) in [6.07, 6.45) is 0.507. The maximum absolute atomic E-state index is 11.9. The fourth-order valence-electron chi connectivity index (χ4n) is 2.78. The monoisotopic (exact) mass is 270 g/mol. The van der Waals surface area contributed by atoms with E-state index in [1.54, 1.807) is 0 Å². The lowest BCUT2D eigenvalue weighted by Crippen LogP contribution is -2.57. The summed E-state index contributed by atoms with van der Waals surface area (Å²) >= 11 is 0. The van der Waals surface area contributed by atoms with Crippen LogP contribution in [-0.2, 0) is 4.79 Å². The second-order valence-corrected chi connectivity index (χ2v) is 5.79. The molecule has 0 aromatic carbocycles. The fourth-order valence-corrected chi connectivity index (χ4v) is 2.78. The van der Waals surface area contributed by atoms with Crippen molar-refractivity contribution in [2.45, 2.75) is 52.2 Å². The lowest BCUT2D eigenvalue weighted by atomic mass is 10.1. The number of piperazine rings is 1. The first-order valence-corrected chi connectivity index (χ1v) is 7.45. The summed E-state index contributed by atoms with van der Waals surface area (Å²) in [6.45, 7) is 13.1. The Bertz CT molecular complexity index is 283. The van der Waals surface area contributed by atoms with Gasteiger partial charge in [-0.1, -0.05) is 6.92 Å². The van der Waals surface area contributed by atoms with Crippen LogP contribution in [-0.4, -0.2) is 66.6 Å². The minimum absolute atomic E-state index is 0.107. The molecule has 112 valence electrons. The molecule has 0 saturated carbocycles. The van der Waals surface area contributed by atoms with Gasteiger partial charge in [-0.15, -0.1) is 0 Å². The van der Waals surface area contributed by atoms with Crippen LogP contribution in [0.2, 0.25) is 0 Å². The first-order valence-electron chi connectivity index (χ1n) is 7.45. The van der Waals surface area contributed by atoms with Crippen molar-refractivity contribution in [3.63, 3.8) is 0 Å². The summed E-state index contributed by atoms with van der Waals surface area (Å²) in [5.74, 6) is 0.107. The van der Waals surface area contributed by atoms with Crippen molar-refractivity contribution in [3.05, 3.63) is 0 Å². The van der Waals surface area contributed by atoms with Crippen LogP contribution in [0.1, 0.15) is 34.1 Å². The molecular formula is C14H30N4O. The van der Waals surface area contributed by atoms with Crippen LogP contribution in [0.5, 0.6) is 0 Å². The third kappa shape index (κ3) is 5.09. The molecule has 0 radical (unpaired) electrons. The topological polar surface area (TPSA) is 61.6 Å². The second-order valence-electron chi connectivity index (χ2n) is 5.79. The Morgan fingerprint density at radius 3 is 2.58 bits per heavy atom. The Balaban J connectivity index is 2.49. The van der Waals surface area contributed by atoms with Crippen molar-refractivity contribution < 1.29 is 4.79 Å². The van der Waals surface area contributed by atoms with Gasteiger partial charge in [0.1, 0.15) is 0 Å². The molecule has 3 N–H and O–H groups in total. The van der Waals surface area contributed by atoms with Crippen LogP contribution in [0.25, 0.3) is 0 Å². The largest absolute Gasteiger partial charge is 0.354 e. The molecule has 0 bridgehead atoms. The molecular weight excluding hydrogens is 240 g/mol. The molecule has 1 aliphatic heterocycles. The Hall–Kier alpha value is -0.650. The predicted molar refractivity (Wildman–Crippen MR) is 79.0 cm³/mol. The number of carbonyl (C=O) groups is 1. The van der Waals surface area contributed by atoms with E-state index >= 15 is 0 Å². The van der Waals surface area contributed by atoms with Crippen LogP contribution < -0.4 is 11.1 Å². The van der Waals surface area contributed by atoms with Crippen LogP contribution in [0, 0.1) is 0 Å². The Labute approximate surface area is 117 Å². The molecule has 1 fully saturated rings. The SMILES string of the molecule is CCN1CCN(C(CN)CC(=O)NC(C)C)CC1C. The first-order chi connectivity index (χ1) is 8.97. The third-order valence-corrected chi connectivity index (χ3v) is 3.86. The number of likely N-dealkylation sites (N-methyl/N-ethyl adjacent to an activating group) is 1. The number of hydrogen-bond acceptors (Lipinski definition) is 4. The molecule has 1 heterocycles. The number of nitrogens with zero attached hydrogens (tertiary/aromatic N) is 2. The smallest absolute Gasteiger partial charge is 0.221 e. The van der Waals surface area contributed by atoms with Gasteiger partial charge in [-0.05, 0) is 27.3 Å². The maximum Gasteiger partial charge on any atom is 0.221 e. The van der Waals surface area contributed by atoms with Gasteiger partial charge in [-0.3, -0.25) is 14.6 Å². The van der Waals surface area contributed by atoms with Crippen molar-refractivity contribution in [3.8, 4) is 0 Å². The highest BCUT2D eigenvalue weighted by Gasteiger charge is 2.28. The van der Waals surface area contributed by atoms with Gasteiger partial charge < -0.3 is 11.1 Å². The zero-order valence-electron chi connectivity index (χ0n) is 12.9. The van der Waals surface area contributed by atoms with Gasteiger partial charge in [0.25, 0.3) is 0 Å². The molecule has 1 saturated heterocycles. The lowest BCUT2D eigenvalue weighted by Gasteiger charge is -2.42. The molecule has 2 atom stereocenters. The molecule has 1 amide bonds. The highest BCUT2D eigenvalue weighted by molar-refractivity contribution is 5.76. The minimum Gasteiger partial charge on any atom is -0.354 e. The summed E-state index contributed by atoms with van der Waals surface area (Å²) in [6, 6.07) is 0.906. The molecule has 1 aliphatic rings. The van der Waals surface area contributed by atoms with Crippen molar-refractivity contribution >= 4 is 5.91 Å². The summed E-state index contributed by atoms with van der Waals surface area (Å²) in [7, 11) is 0. The van der Waals surface area contributed by atoms with Crippen molar-refractivity contribution in [2.75, 3.05) is 32.7 Å². The number of rotatable bonds is 6. The van der Waals surface area contributed by atoms with Gasteiger partial charge >= 0.3 is 0 Å². The van der Waals surface area contributed by atoms with Crippen LogP contribution in [0.4, 0.5) is 0 Å². The molecule has 0 aromatic rings. The Morgan fingerprint density at radius 2 is 2.11 bits per heavy atom. The molecule has 5 heteroatoms. The zero-order valence-corrected chi connectivity index (χ0v) is 12.9. The van der Waals surface area contributed by atoms with Gasteiger partial charge in [0, 0.05) is 50.7 Å². The molecule has 2 unspecified atom stereocenters. The van der Waals surface area contributed by atoms with E-state index in [-0.39, 0.29) is 18.0 Å². The average molecular weight is 270 g/mol. The Morgan fingerprint density at radius 1 is 1.42 bits per heavy atom. The van der Waals surface area contributed by atoms with Gasteiger partial charge in [-0.2, -0.15) is 0 Å². The number of nitrogens with two attached hydrogens (primary N) is 1. The van der Waals surface area contributed by atoms with E-state index in [0.29, 0.717) is 19.0 Å². The summed E-state index contributed by atoms with van der Waals surface area (Å²) in [4.78, 5) is 16.7. The molecule has 0 aliphatic carbocycles. The quantitative estimate of drug-likeness (QED) is 0.726. The minimum atomic E-state index is 0.107. The summed E-state index contributed by atoms with van der Waals surface area (Å²) in [5.41, 5.74) is 5.86. The van der Waals surface area contributed by atoms with Crippen molar-refractivity contribution in [1.29, 1.82) is 0 Å². The van der Waals surface area contributed by atoms with E-state index in [0.717, 1.165) is 26.2 Å². The van der Waals surface area contributed by atoms with Crippen molar-refractivity contribution in [1.82, 2.24) is 15.1 Å². The van der Waals surface area contributed by atoms with Crippen molar-refractivity contribution in [2.24, 2.45) is 5.73 Å². The highest BCUT2D eigenvalue weighted by Crippen LogP contribution is 2.13. The van der Waals surface area contributed by atoms with Crippen LogP contribution >= 0.6 is 0 Å². The van der Waals surface area contributed by atoms with E-state index in [1.165, 1.54) is 0 Å². The summed E-state index contributed by atoms with van der Waals surface area (Å²) in [5, 5.41) is 2.95. The van der Waals surface area contributed by atoms with Gasteiger partial charge in [0.15, 0.2) is 0 Å². The second kappa shape index (κ2) is 7.82. The molecule has 19 heavy (non-hydrogen) atoms. The van der Waals surface area contributed by atoms with E-state index in [1.807, 2.05) is 13.8 Å². The number of hydrogen-bond donors (Lipinski definition) is 2. The van der Waals surface area contributed by atoms with E-state index in [4.69, 9.17) is 5.73 Å². The van der Waals surface area contributed by atoms with E-state index in [9.17, 15) is 4.79 Å². The number of nitrogens with one attached hydrogen (secondary N) is 1. The molecule has 1 rings (SSSR count). The van der Waals surface area contributed by atoms with Crippen LogP contribution in [0.15, 0.2) is 0 Å². The van der Waals surface area contributed by atoms with Crippen LogP contribution in [0.3, 0.4) is 0 Å². The third-order valence-electron chi connectivity index (χ3n) is 3.86. The fraction of sp³-hybridized carbons (Fsp3) is 0.929. The van der Waals surface area contributed by atoms with Gasteiger partial charge in [0.05, 0.1) is 0 Å². The van der Waals surface area contributed by atoms with Gasteiger partial charge in [-0.25, -0.2) is 0 Å². The first kappa shape index (κ1) is 16.4. The highest BCUT2D eigenvalue weighted by atomic mass is 16.1.